The molecule has 2 N–H and O–H groups in total. The number of anilines is 1. The van der Waals surface area contributed by atoms with E-state index in [4.69, 9.17) is 17.3 Å². The Hall–Kier alpha value is -2.15. The first-order valence-electron chi connectivity index (χ1n) is 6.02. The van der Waals surface area contributed by atoms with E-state index in [9.17, 15) is 10.1 Å². The molecule has 0 amide bonds. The Kier molecular flexibility index (Phi) is 3.89. The SMILES string of the molecule is CC(C)c1c(N)nnn1Cc1c(Cl)cccc1[N+](=O)[O-]. The fourth-order valence-electron chi connectivity index (χ4n) is 2.07. The summed E-state index contributed by atoms with van der Waals surface area (Å²) in [5.74, 6) is 0.432. The first kappa shape index (κ1) is 14.3. The van der Waals surface area contributed by atoms with Crippen molar-refractivity contribution in [2.75, 3.05) is 5.73 Å². The van der Waals surface area contributed by atoms with E-state index in [0.717, 1.165) is 5.69 Å². The van der Waals surface area contributed by atoms with Gasteiger partial charge in [0, 0.05) is 6.07 Å². The van der Waals surface area contributed by atoms with Crippen molar-refractivity contribution in [1.29, 1.82) is 0 Å². The molecule has 20 heavy (non-hydrogen) atoms. The van der Waals surface area contributed by atoms with Crippen LogP contribution < -0.4 is 5.73 Å². The Morgan fingerprint density at radius 1 is 1.50 bits per heavy atom. The van der Waals surface area contributed by atoms with Crippen LogP contribution in [0.25, 0.3) is 0 Å². The monoisotopic (exact) mass is 295 g/mol. The number of nitrogen functional groups attached to an aromatic ring is 1. The molecule has 0 aliphatic rings. The zero-order valence-corrected chi connectivity index (χ0v) is 11.8. The Morgan fingerprint density at radius 3 is 2.80 bits per heavy atom. The van der Waals surface area contributed by atoms with Crippen molar-refractivity contribution >= 4 is 23.1 Å². The lowest BCUT2D eigenvalue weighted by atomic mass is 10.1. The third-order valence-electron chi connectivity index (χ3n) is 2.95. The van der Waals surface area contributed by atoms with Crippen LogP contribution in [0.15, 0.2) is 18.2 Å². The van der Waals surface area contributed by atoms with Crippen LogP contribution in [0.3, 0.4) is 0 Å². The highest BCUT2D eigenvalue weighted by Gasteiger charge is 2.20. The lowest BCUT2D eigenvalue weighted by Gasteiger charge is -2.11. The number of nitro benzene ring substituents is 1. The van der Waals surface area contributed by atoms with Gasteiger partial charge in [-0.15, -0.1) is 5.10 Å². The van der Waals surface area contributed by atoms with Gasteiger partial charge in [-0.25, -0.2) is 4.68 Å². The average Bonchev–Trinajstić information content (AvgIpc) is 2.72. The Bertz CT molecular complexity index is 653. The predicted octanol–water partition coefficient (Wildman–Crippen LogP) is 2.59. The van der Waals surface area contributed by atoms with Crippen LogP contribution in [0.5, 0.6) is 0 Å². The summed E-state index contributed by atoms with van der Waals surface area (Å²) in [6, 6.07) is 4.57. The molecule has 0 radical (unpaired) electrons. The zero-order chi connectivity index (χ0) is 14.9. The summed E-state index contributed by atoms with van der Waals surface area (Å²) >= 11 is 6.06. The minimum Gasteiger partial charge on any atom is -0.381 e. The van der Waals surface area contributed by atoms with Gasteiger partial charge in [0.2, 0.25) is 0 Å². The molecule has 7 nitrogen and oxygen atoms in total. The van der Waals surface area contributed by atoms with Gasteiger partial charge in [0.05, 0.1) is 27.7 Å². The topological polar surface area (TPSA) is 99.9 Å². The van der Waals surface area contributed by atoms with E-state index in [1.807, 2.05) is 13.8 Å². The number of nitro groups is 1. The van der Waals surface area contributed by atoms with Crippen molar-refractivity contribution in [3.63, 3.8) is 0 Å². The fraction of sp³-hybridized carbons (Fsp3) is 0.333. The summed E-state index contributed by atoms with van der Waals surface area (Å²) in [5.41, 5.74) is 6.86. The van der Waals surface area contributed by atoms with Gasteiger partial charge >= 0.3 is 0 Å². The number of nitrogens with zero attached hydrogens (tertiary/aromatic N) is 4. The minimum absolute atomic E-state index is 0.0405. The third kappa shape index (κ3) is 2.57. The van der Waals surface area contributed by atoms with Crippen molar-refractivity contribution in [3.8, 4) is 0 Å². The molecule has 1 heterocycles. The van der Waals surface area contributed by atoms with Crippen molar-refractivity contribution in [3.05, 3.63) is 44.6 Å². The van der Waals surface area contributed by atoms with Crippen LogP contribution in [0.1, 0.15) is 31.0 Å². The standard InChI is InChI=1S/C12H14ClN5O2/c1-7(2)11-12(14)15-16-17(11)6-8-9(13)4-3-5-10(8)18(19)20/h3-5,7H,6,14H2,1-2H3. The van der Waals surface area contributed by atoms with E-state index < -0.39 is 4.92 Å². The summed E-state index contributed by atoms with van der Waals surface area (Å²) in [6.07, 6.45) is 0. The smallest absolute Gasteiger partial charge is 0.275 e. The third-order valence-corrected chi connectivity index (χ3v) is 3.30. The molecular weight excluding hydrogens is 282 g/mol. The first-order valence-corrected chi connectivity index (χ1v) is 6.40. The summed E-state index contributed by atoms with van der Waals surface area (Å²) in [7, 11) is 0. The van der Waals surface area contributed by atoms with E-state index in [1.165, 1.54) is 6.07 Å². The van der Waals surface area contributed by atoms with E-state index in [0.29, 0.717) is 16.4 Å². The largest absolute Gasteiger partial charge is 0.381 e. The average molecular weight is 296 g/mol. The van der Waals surface area contributed by atoms with Crippen molar-refractivity contribution in [2.45, 2.75) is 26.3 Å². The maximum atomic E-state index is 11.1. The maximum Gasteiger partial charge on any atom is 0.275 e. The number of aromatic nitrogens is 3. The molecule has 1 aromatic carbocycles. The van der Waals surface area contributed by atoms with Crippen LogP contribution in [-0.4, -0.2) is 19.9 Å². The second-order valence-electron chi connectivity index (χ2n) is 4.67. The first-order chi connectivity index (χ1) is 9.41. The molecule has 2 aromatic rings. The molecular formula is C12H14ClN5O2. The van der Waals surface area contributed by atoms with Crippen LogP contribution >= 0.6 is 11.6 Å². The van der Waals surface area contributed by atoms with Crippen LogP contribution in [0.2, 0.25) is 5.02 Å². The summed E-state index contributed by atoms with van der Waals surface area (Å²) in [6.45, 7) is 4.06. The van der Waals surface area contributed by atoms with E-state index >= 15 is 0 Å². The number of benzene rings is 1. The molecule has 0 unspecified atom stereocenters. The van der Waals surface area contributed by atoms with Gasteiger partial charge in [0.15, 0.2) is 5.82 Å². The van der Waals surface area contributed by atoms with Crippen LogP contribution in [0.4, 0.5) is 11.5 Å². The van der Waals surface area contributed by atoms with Gasteiger partial charge in [-0.2, -0.15) is 0 Å². The molecule has 8 heteroatoms. The highest BCUT2D eigenvalue weighted by Crippen LogP contribution is 2.28. The molecule has 0 spiro atoms. The molecule has 0 saturated carbocycles. The zero-order valence-electron chi connectivity index (χ0n) is 11.1. The van der Waals surface area contributed by atoms with E-state index in [1.54, 1.807) is 16.8 Å². The van der Waals surface area contributed by atoms with Gasteiger partial charge < -0.3 is 5.73 Å². The normalized spacial score (nSPS) is 11.0. The molecule has 2 rings (SSSR count). The second-order valence-corrected chi connectivity index (χ2v) is 5.07. The molecule has 0 fully saturated rings. The number of hydrogen-bond acceptors (Lipinski definition) is 5. The van der Waals surface area contributed by atoms with Crippen molar-refractivity contribution in [2.24, 2.45) is 0 Å². The molecule has 0 aliphatic heterocycles. The van der Waals surface area contributed by atoms with Crippen molar-refractivity contribution < 1.29 is 4.92 Å². The number of nitrogens with two attached hydrogens (primary N) is 1. The number of halogens is 1. The molecule has 0 saturated heterocycles. The van der Waals surface area contributed by atoms with Gasteiger partial charge in [0.25, 0.3) is 5.69 Å². The van der Waals surface area contributed by atoms with Gasteiger partial charge in [0.1, 0.15) is 0 Å². The van der Waals surface area contributed by atoms with E-state index in [2.05, 4.69) is 10.3 Å². The van der Waals surface area contributed by atoms with Crippen LogP contribution in [-0.2, 0) is 6.54 Å². The van der Waals surface area contributed by atoms with Crippen molar-refractivity contribution in [1.82, 2.24) is 15.0 Å². The highest BCUT2D eigenvalue weighted by molar-refractivity contribution is 6.31. The van der Waals surface area contributed by atoms with Gasteiger partial charge in [-0.1, -0.05) is 36.7 Å². The van der Waals surface area contributed by atoms with Crippen LogP contribution in [0, 0.1) is 10.1 Å². The quantitative estimate of drug-likeness (QED) is 0.690. The Labute approximate surface area is 120 Å². The second kappa shape index (κ2) is 5.46. The molecule has 106 valence electrons. The maximum absolute atomic E-state index is 11.1. The number of hydrogen-bond donors (Lipinski definition) is 1. The summed E-state index contributed by atoms with van der Waals surface area (Å²) in [5, 5.41) is 19.1. The summed E-state index contributed by atoms with van der Waals surface area (Å²) in [4.78, 5) is 10.6. The predicted molar refractivity (Wildman–Crippen MR) is 75.7 cm³/mol. The van der Waals surface area contributed by atoms with E-state index in [-0.39, 0.29) is 18.2 Å². The highest BCUT2D eigenvalue weighted by atomic mass is 35.5. The number of rotatable bonds is 4. The Morgan fingerprint density at radius 2 is 2.20 bits per heavy atom. The molecule has 0 bridgehead atoms. The lowest BCUT2D eigenvalue weighted by Crippen LogP contribution is -2.10. The molecule has 0 aliphatic carbocycles. The van der Waals surface area contributed by atoms with Gasteiger partial charge in [-0.3, -0.25) is 10.1 Å². The van der Waals surface area contributed by atoms with Gasteiger partial charge in [-0.05, 0) is 12.0 Å². The molecule has 1 aromatic heterocycles. The lowest BCUT2D eigenvalue weighted by molar-refractivity contribution is -0.385. The Balaban J connectivity index is 2.48. The molecule has 0 atom stereocenters. The summed E-state index contributed by atoms with van der Waals surface area (Å²) < 4.78 is 1.55. The minimum atomic E-state index is -0.462. The fourth-order valence-corrected chi connectivity index (χ4v) is 2.30.